The predicted octanol–water partition coefficient (Wildman–Crippen LogP) is -0.121. The summed E-state index contributed by atoms with van der Waals surface area (Å²) < 4.78 is 26.0. The minimum Gasteiger partial charge on any atom is -0.396 e. The second-order valence-corrected chi connectivity index (χ2v) is 7.15. The highest BCUT2D eigenvalue weighted by atomic mass is 32.2. The monoisotopic (exact) mass is 316 g/mol. The third kappa shape index (κ3) is 2.53. The van der Waals surface area contributed by atoms with Crippen LogP contribution in [0, 0.1) is 22.5 Å². The molecule has 0 atom stereocenters. The fourth-order valence-corrected chi connectivity index (χ4v) is 4.25. The largest absolute Gasteiger partial charge is 0.396 e. The van der Waals surface area contributed by atoms with Gasteiger partial charge in [0.25, 0.3) is 5.69 Å². The van der Waals surface area contributed by atoms with Crippen molar-refractivity contribution in [2.75, 3.05) is 26.3 Å². The lowest BCUT2D eigenvalue weighted by molar-refractivity contribution is -0.385. The van der Waals surface area contributed by atoms with Gasteiger partial charge in [0.05, 0.1) is 23.0 Å². The number of rotatable bonds is 5. The summed E-state index contributed by atoms with van der Waals surface area (Å²) in [6.07, 6.45) is 0. The smallest absolute Gasteiger partial charge is 0.273 e. The van der Waals surface area contributed by atoms with Crippen molar-refractivity contribution in [1.29, 1.82) is 0 Å². The van der Waals surface area contributed by atoms with Crippen molar-refractivity contribution in [2.45, 2.75) is 11.8 Å². The fraction of sp³-hybridized carbons (Fsp3) is 0.500. The summed E-state index contributed by atoms with van der Waals surface area (Å²) in [4.78, 5) is 10.1. The Balaban J connectivity index is 2.35. The van der Waals surface area contributed by atoms with Crippen LogP contribution in [0.5, 0.6) is 0 Å². The van der Waals surface area contributed by atoms with Crippen molar-refractivity contribution >= 4 is 15.7 Å². The number of aliphatic hydroxyl groups is 2. The van der Waals surface area contributed by atoms with Gasteiger partial charge in [-0.15, -0.1) is 0 Å². The van der Waals surface area contributed by atoms with Crippen LogP contribution in [-0.4, -0.2) is 54.2 Å². The zero-order valence-electron chi connectivity index (χ0n) is 11.4. The van der Waals surface area contributed by atoms with Crippen LogP contribution in [0.15, 0.2) is 23.1 Å². The second-order valence-electron chi connectivity index (χ2n) is 5.25. The topological polar surface area (TPSA) is 121 Å². The second kappa shape index (κ2) is 5.34. The summed E-state index contributed by atoms with van der Waals surface area (Å²) in [6, 6.07) is 3.88. The number of hydrogen-bond acceptors (Lipinski definition) is 6. The summed E-state index contributed by atoms with van der Waals surface area (Å²) in [7, 11) is -3.87. The van der Waals surface area contributed by atoms with E-state index < -0.39 is 20.4 Å². The molecule has 1 fully saturated rings. The van der Waals surface area contributed by atoms with E-state index in [0.717, 1.165) is 4.31 Å². The minimum absolute atomic E-state index is 0.00946. The van der Waals surface area contributed by atoms with Gasteiger partial charge >= 0.3 is 0 Å². The summed E-state index contributed by atoms with van der Waals surface area (Å²) >= 11 is 0. The van der Waals surface area contributed by atoms with E-state index in [1.807, 2.05) is 0 Å². The molecule has 0 radical (unpaired) electrons. The van der Waals surface area contributed by atoms with Crippen LogP contribution in [0.25, 0.3) is 0 Å². The Bertz CT molecular complexity index is 660. The number of sulfonamides is 1. The normalized spacial score (nSPS) is 18.2. The first-order valence-corrected chi connectivity index (χ1v) is 7.67. The van der Waals surface area contributed by atoms with Gasteiger partial charge in [-0.05, 0) is 13.0 Å². The number of nitro benzene ring substituents is 1. The van der Waals surface area contributed by atoms with Crippen LogP contribution in [0.2, 0.25) is 0 Å². The molecule has 0 spiro atoms. The maximum absolute atomic E-state index is 12.5. The van der Waals surface area contributed by atoms with Crippen LogP contribution in [-0.2, 0) is 10.0 Å². The van der Waals surface area contributed by atoms with E-state index >= 15 is 0 Å². The fourth-order valence-electron chi connectivity index (χ4n) is 2.34. The lowest BCUT2D eigenvalue weighted by Crippen LogP contribution is -2.61. The maximum Gasteiger partial charge on any atom is 0.273 e. The Morgan fingerprint density at radius 2 is 1.90 bits per heavy atom. The van der Waals surface area contributed by atoms with Crippen LogP contribution in [0.1, 0.15) is 5.56 Å². The van der Waals surface area contributed by atoms with Gasteiger partial charge < -0.3 is 10.2 Å². The van der Waals surface area contributed by atoms with Gasteiger partial charge in [0.1, 0.15) is 0 Å². The Morgan fingerprint density at radius 1 is 1.33 bits per heavy atom. The van der Waals surface area contributed by atoms with E-state index in [-0.39, 0.29) is 42.4 Å². The first kappa shape index (κ1) is 15.8. The molecule has 0 unspecified atom stereocenters. The molecule has 1 saturated heterocycles. The first-order chi connectivity index (χ1) is 9.77. The van der Waals surface area contributed by atoms with E-state index in [4.69, 9.17) is 0 Å². The zero-order chi connectivity index (χ0) is 15.8. The zero-order valence-corrected chi connectivity index (χ0v) is 12.2. The van der Waals surface area contributed by atoms with Crippen LogP contribution in [0.4, 0.5) is 5.69 Å². The van der Waals surface area contributed by atoms with Crippen molar-refractivity contribution in [3.05, 3.63) is 33.9 Å². The number of benzene rings is 1. The molecule has 2 N–H and O–H groups in total. The molecule has 1 heterocycles. The van der Waals surface area contributed by atoms with Crippen molar-refractivity contribution in [1.82, 2.24) is 4.31 Å². The van der Waals surface area contributed by atoms with Crippen LogP contribution in [0.3, 0.4) is 0 Å². The molecule has 0 bridgehead atoms. The molecule has 0 aromatic heterocycles. The van der Waals surface area contributed by atoms with E-state index in [1.165, 1.54) is 25.1 Å². The SMILES string of the molecule is Cc1c([N+](=O)[O-])cccc1S(=O)(=O)N1CC(CO)(CO)C1. The van der Waals surface area contributed by atoms with Gasteiger partial charge in [0.15, 0.2) is 0 Å². The van der Waals surface area contributed by atoms with Crippen LogP contribution >= 0.6 is 0 Å². The highest BCUT2D eigenvalue weighted by Crippen LogP contribution is 2.36. The maximum atomic E-state index is 12.5. The summed E-state index contributed by atoms with van der Waals surface area (Å²) in [5, 5.41) is 29.3. The number of aliphatic hydroxyl groups excluding tert-OH is 2. The molecular weight excluding hydrogens is 300 g/mol. The molecule has 116 valence electrons. The lowest BCUT2D eigenvalue weighted by Gasteiger charge is -2.46. The van der Waals surface area contributed by atoms with Crippen LogP contribution < -0.4 is 0 Å². The summed E-state index contributed by atoms with van der Waals surface area (Å²) in [6.45, 7) is 0.734. The van der Waals surface area contributed by atoms with E-state index in [1.54, 1.807) is 0 Å². The molecule has 21 heavy (non-hydrogen) atoms. The van der Waals surface area contributed by atoms with Crippen molar-refractivity contribution < 1.29 is 23.6 Å². The predicted molar refractivity (Wildman–Crippen MR) is 73.2 cm³/mol. The summed E-state index contributed by atoms with van der Waals surface area (Å²) in [5.74, 6) is 0. The van der Waals surface area contributed by atoms with E-state index in [0.29, 0.717) is 0 Å². The van der Waals surface area contributed by atoms with E-state index in [9.17, 15) is 28.7 Å². The molecule has 2 rings (SSSR count). The molecule has 0 amide bonds. The number of nitrogens with zero attached hydrogens (tertiary/aromatic N) is 2. The third-order valence-electron chi connectivity index (χ3n) is 3.76. The Morgan fingerprint density at radius 3 is 2.38 bits per heavy atom. The highest BCUT2D eigenvalue weighted by Gasteiger charge is 2.48. The molecule has 8 nitrogen and oxygen atoms in total. The lowest BCUT2D eigenvalue weighted by atomic mass is 9.84. The average Bonchev–Trinajstić information content (AvgIpc) is 2.38. The Kier molecular flexibility index (Phi) is 4.02. The van der Waals surface area contributed by atoms with E-state index in [2.05, 4.69) is 0 Å². The Labute approximate surface area is 121 Å². The number of nitro groups is 1. The molecule has 0 aliphatic carbocycles. The highest BCUT2D eigenvalue weighted by molar-refractivity contribution is 7.89. The van der Waals surface area contributed by atoms with Gasteiger partial charge in [-0.25, -0.2) is 8.42 Å². The number of hydrogen-bond donors (Lipinski definition) is 2. The molecular formula is C12H16N2O6S. The molecule has 9 heteroatoms. The van der Waals surface area contributed by atoms with Gasteiger partial charge in [0.2, 0.25) is 10.0 Å². The van der Waals surface area contributed by atoms with Gasteiger partial charge in [-0.1, -0.05) is 6.07 Å². The quantitative estimate of drug-likeness (QED) is 0.577. The van der Waals surface area contributed by atoms with Crippen molar-refractivity contribution in [2.24, 2.45) is 5.41 Å². The third-order valence-corrected chi connectivity index (χ3v) is 5.70. The van der Waals surface area contributed by atoms with Crippen molar-refractivity contribution in [3.63, 3.8) is 0 Å². The molecule has 0 saturated carbocycles. The Hall–Kier alpha value is -1.55. The van der Waals surface area contributed by atoms with Gasteiger partial charge in [-0.2, -0.15) is 4.31 Å². The molecule has 1 aromatic rings. The standard InChI is InChI=1S/C12H16N2O6S/c1-9-10(14(17)18)3-2-4-11(9)21(19,20)13-5-12(6-13,7-15)8-16/h2-4,15-16H,5-8H2,1H3. The molecule has 1 aliphatic heterocycles. The van der Waals surface area contributed by atoms with Crippen molar-refractivity contribution in [3.8, 4) is 0 Å². The average molecular weight is 316 g/mol. The first-order valence-electron chi connectivity index (χ1n) is 6.23. The van der Waals surface area contributed by atoms with Gasteiger partial charge in [0, 0.05) is 30.1 Å². The minimum atomic E-state index is -3.87. The summed E-state index contributed by atoms with van der Waals surface area (Å²) in [5.41, 5.74) is -1.01. The van der Waals surface area contributed by atoms with Gasteiger partial charge in [-0.3, -0.25) is 10.1 Å². The molecule has 1 aromatic carbocycles. The molecule has 1 aliphatic rings.